The number of carbonyl (C=O) groups excluding carboxylic acids is 1. The van der Waals surface area contributed by atoms with Gasteiger partial charge in [0.05, 0.1) is 17.8 Å². The van der Waals surface area contributed by atoms with Gasteiger partial charge in [-0.05, 0) is 61.6 Å². The fraction of sp³-hybridized carbons (Fsp3) is 0.348. The molecular formula is C23H27Cl2N5O. The number of nitrogens with two attached hydrogens (primary N) is 1. The van der Waals surface area contributed by atoms with Crippen LogP contribution in [0.5, 0.6) is 0 Å². The lowest BCUT2D eigenvalue weighted by Crippen LogP contribution is -2.47. The minimum Gasteiger partial charge on any atom is -0.330 e. The van der Waals surface area contributed by atoms with Crippen LogP contribution in [0.2, 0.25) is 5.02 Å². The molecule has 31 heavy (non-hydrogen) atoms. The van der Waals surface area contributed by atoms with Crippen LogP contribution >= 0.6 is 24.0 Å². The van der Waals surface area contributed by atoms with Gasteiger partial charge in [0.25, 0.3) is 5.91 Å². The van der Waals surface area contributed by atoms with E-state index in [1.54, 1.807) is 24.7 Å². The zero-order valence-corrected chi connectivity index (χ0v) is 18.8. The Morgan fingerprint density at radius 3 is 2.61 bits per heavy atom. The van der Waals surface area contributed by atoms with Gasteiger partial charge in [0.15, 0.2) is 0 Å². The predicted molar refractivity (Wildman–Crippen MR) is 124 cm³/mol. The summed E-state index contributed by atoms with van der Waals surface area (Å²) < 4.78 is 0. The van der Waals surface area contributed by atoms with Crippen LogP contribution in [0, 0.1) is 0 Å². The average Bonchev–Trinajstić information content (AvgIpc) is 3.31. The van der Waals surface area contributed by atoms with E-state index in [0.29, 0.717) is 18.7 Å². The van der Waals surface area contributed by atoms with Crippen molar-refractivity contribution in [3.05, 3.63) is 82.9 Å². The number of nitrogens with one attached hydrogen (secondary N) is 1. The van der Waals surface area contributed by atoms with Crippen molar-refractivity contribution in [1.82, 2.24) is 20.1 Å². The molecule has 3 N–H and O–H groups in total. The molecule has 0 radical (unpaired) electrons. The van der Waals surface area contributed by atoms with Crippen molar-refractivity contribution in [1.29, 1.82) is 0 Å². The summed E-state index contributed by atoms with van der Waals surface area (Å²) in [5, 5.41) is 7.74. The third kappa shape index (κ3) is 5.09. The molecule has 0 saturated heterocycles. The highest BCUT2D eigenvalue weighted by Crippen LogP contribution is 2.41. The van der Waals surface area contributed by atoms with Crippen molar-refractivity contribution in [2.24, 2.45) is 5.73 Å². The van der Waals surface area contributed by atoms with Gasteiger partial charge in [-0.1, -0.05) is 23.7 Å². The number of nitrogens with zero attached hydrogens (tertiary/aromatic N) is 3. The first-order valence-electron chi connectivity index (χ1n) is 10.3. The van der Waals surface area contributed by atoms with E-state index in [9.17, 15) is 4.79 Å². The molecule has 0 atom stereocenters. The van der Waals surface area contributed by atoms with Gasteiger partial charge in [-0.15, -0.1) is 12.4 Å². The largest absolute Gasteiger partial charge is 0.330 e. The molecular weight excluding hydrogens is 433 g/mol. The molecule has 3 aromatic rings. The molecule has 0 aliphatic heterocycles. The Morgan fingerprint density at radius 1 is 1.19 bits per heavy atom. The maximum absolute atomic E-state index is 13.3. The molecule has 4 rings (SSSR count). The van der Waals surface area contributed by atoms with E-state index >= 15 is 0 Å². The number of pyridine rings is 1. The number of hydrogen-bond donors (Lipinski definition) is 2. The van der Waals surface area contributed by atoms with Crippen LogP contribution in [0.1, 0.15) is 47.3 Å². The maximum Gasteiger partial charge on any atom is 0.256 e. The van der Waals surface area contributed by atoms with Gasteiger partial charge in [0.2, 0.25) is 0 Å². The van der Waals surface area contributed by atoms with Crippen LogP contribution in [-0.4, -0.2) is 38.6 Å². The molecule has 2 heterocycles. The van der Waals surface area contributed by atoms with Crippen molar-refractivity contribution < 1.29 is 4.79 Å². The summed E-state index contributed by atoms with van der Waals surface area (Å²) in [5.74, 6) is -0.00861. The third-order valence-corrected chi connectivity index (χ3v) is 6.48. The maximum atomic E-state index is 13.3. The highest BCUT2D eigenvalue weighted by molar-refractivity contribution is 6.30. The van der Waals surface area contributed by atoms with Crippen LogP contribution in [0.15, 0.2) is 61.1 Å². The summed E-state index contributed by atoms with van der Waals surface area (Å²) in [5.41, 5.74) is 8.86. The Kier molecular flexibility index (Phi) is 7.70. The lowest BCUT2D eigenvalue weighted by Gasteiger charge is -2.43. The van der Waals surface area contributed by atoms with Crippen LogP contribution in [-0.2, 0) is 12.0 Å². The standard InChI is InChI=1S/C23H26ClN5O.ClH/c24-19-5-1-4-18(13-19)23(16-25)9-6-21(7-10-23)29(15-20-8-12-27-28-20)22(30)17-3-2-11-26-14-17;/h1-5,8,11-14,21H,6-7,9-10,15-16,25H2,(H,27,28);1H/t21-,23-;. The molecule has 1 amide bonds. The van der Waals surface area contributed by atoms with Gasteiger partial charge in [0.1, 0.15) is 0 Å². The molecule has 1 fully saturated rings. The van der Waals surface area contributed by atoms with Crippen molar-refractivity contribution >= 4 is 29.9 Å². The minimum absolute atomic E-state index is 0. The Balaban J connectivity index is 0.00000272. The molecule has 1 aliphatic carbocycles. The van der Waals surface area contributed by atoms with E-state index in [1.807, 2.05) is 35.2 Å². The van der Waals surface area contributed by atoms with E-state index in [0.717, 1.165) is 36.4 Å². The Morgan fingerprint density at radius 2 is 2.00 bits per heavy atom. The van der Waals surface area contributed by atoms with Gasteiger partial charge < -0.3 is 10.6 Å². The molecule has 1 aromatic carbocycles. The lowest BCUT2D eigenvalue weighted by molar-refractivity contribution is 0.0569. The van der Waals surface area contributed by atoms with E-state index in [1.165, 1.54) is 5.56 Å². The Labute approximate surface area is 193 Å². The molecule has 6 nitrogen and oxygen atoms in total. The summed E-state index contributed by atoms with van der Waals surface area (Å²) in [6, 6.07) is 13.6. The first kappa shape index (κ1) is 23.3. The monoisotopic (exact) mass is 459 g/mol. The normalized spacial score (nSPS) is 20.6. The van der Waals surface area contributed by atoms with Gasteiger partial charge in [-0.3, -0.25) is 14.9 Å². The second kappa shape index (κ2) is 10.3. The number of halogens is 2. The van der Waals surface area contributed by atoms with Crippen molar-refractivity contribution in [3.63, 3.8) is 0 Å². The molecule has 0 spiro atoms. The second-order valence-corrected chi connectivity index (χ2v) is 8.42. The van der Waals surface area contributed by atoms with E-state index in [-0.39, 0.29) is 29.8 Å². The number of hydrogen-bond acceptors (Lipinski definition) is 4. The summed E-state index contributed by atoms with van der Waals surface area (Å²) >= 11 is 6.24. The third-order valence-electron chi connectivity index (χ3n) is 6.25. The van der Waals surface area contributed by atoms with E-state index in [4.69, 9.17) is 17.3 Å². The minimum atomic E-state index is -0.0988. The van der Waals surface area contributed by atoms with E-state index in [2.05, 4.69) is 21.2 Å². The van der Waals surface area contributed by atoms with Gasteiger partial charge >= 0.3 is 0 Å². The number of H-pyrrole nitrogens is 1. The SMILES string of the molecule is Cl.NC[C@]1(c2cccc(Cl)c2)CC[C@H](N(Cc2ccn[nH]2)C(=O)c2cccnc2)CC1. The number of rotatable bonds is 6. The number of carbonyl (C=O) groups is 1. The van der Waals surface area contributed by atoms with Gasteiger partial charge in [0, 0.05) is 41.6 Å². The predicted octanol–water partition coefficient (Wildman–Crippen LogP) is 4.36. The summed E-state index contributed by atoms with van der Waals surface area (Å²) in [4.78, 5) is 19.4. The first-order chi connectivity index (χ1) is 14.6. The van der Waals surface area contributed by atoms with Crippen molar-refractivity contribution in [2.75, 3.05) is 6.54 Å². The average molecular weight is 460 g/mol. The fourth-order valence-electron chi connectivity index (χ4n) is 4.47. The molecule has 0 bridgehead atoms. The number of amides is 1. The lowest BCUT2D eigenvalue weighted by atomic mass is 9.68. The molecule has 164 valence electrons. The number of aromatic amines is 1. The summed E-state index contributed by atoms with van der Waals surface area (Å²) in [7, 11) is 0. The van der Waals surface area contributed by atoms with Gasteiger partial charge in [-0.25, -0.2) is 0 Å². The first-order valence-corrected chi connectivity index (χ1v) is 10.6. The Hall–Kier alpha value is -2.41. The summed E-state index contributed by atoms with van der Waals surface area (Å²) in [6.07, 6.45) is 8.59. The van der Waals surface area contributed by atoms with E-state index < -0.39 is 0 Å². The molecule has 8 heteroatoms. The smallest absolute Gasteiger partial charge is 0.256 e. The van der Waals surface area contributed by atoms with Crippen LogP contribution < -0.4 is 5.73 Å². The quantitative estimate of drug-likeness (QED) is 0.572. The van der Waals surface area contributed by atoms with Crippen molar-refractivity contribution in [3.8, 4) is 0 Å². The van der Waals surface area contributed by atoms with Crippen LogP contribution in [0.3, 0.4) is 0 Å². The van der Waals surface area contributed by atoms with Crippen LogP contribution in [0.4, 0.5) is 0 Å². The topological polar surface area (TPSA) is 87.9 Å². The van der Waals surface area contributed by atoms with Crippen molar-refractivity contribution in [2.45, 2.75) is 43.7 Å². The highest BCUT2D eigenvalue weighted by atomic mass is 35.5. The molecule has 1 saturated carbocycles. The highest BCUT2D eigenvalue weighted by Gasteiger charge is 2.39. The molecule has 0 unspecified atom stereocenters. The summed E-state index contributed by atoms with van der Waals surface area (Å²) in [6.45, 7) is 1.06. The zero-order valence-electron chi connectivity index (χ0n) is 17.2. The Bertz CT molecular complexity index is 973. The zero-order chi connectivity index (χ0) is 21.0. The second-order valence-electron chi connectivity index (χ2n) is 7.98. The van der Waals surface area contributed by atoms with Gasteiger partial charge in [-0.2, -0.15) is 5.10 Å². The molecule has 1 aliphatic rings. The molecule has 2 aromatic heterocycles. The number of benzene rings is 1. The van der Waals surface area contributed by atoms with Crippen LogP contribution in [0.25, 0.3) is 0 Å². The fourth-order valence-corrected chi connectivity index (χ4v) is 4.66. The number of aromatic nitrogens is 3.